The number of carbonyl (C=O) groups is 2. The number of rotatable bonds is 2. The maximum atomic E-state index is 10.9. The molecule has 0 aliphatic carbocycles. The van der Waals surface area contributed by atoms with Gasteiger partial charge in [0, 0.05) is 31.1 Å². The zero-order valence-electron chi connectivity index (χ0n) is 8.11. The van der Waals surface area contributed by atoms with Gasteiger partial charge in [0.15, 0.2) is 5.97 Å². The molecule has 1 aliphatic heterocycles. The molecule has 1 radical (unpaired) electrons. The second kappa shape index (κ2) is 5.04. The summed E-state index contributed by atoms with van der Waals surface area (Å²) in [6, 6.07) is 4.78. The number of benzene rings is 1. The quantitative estimate of drug-likeness (QED) is 0.269. The average molecular weight is 306 g/mol. The molecule has 0 atom stereocenters. The minimum atomic E-state index is -0.667. The fraction of sp³-hybridized carbons (Fsp3) is 0.0909. The Morgan fingerprint density at radius 1 is 1.50 bits per heavy atom. The van der Waals surface area contributed by atoms with E-state index in [-0.39, 0.29) is 31.9 Å². The van der Waals surface area contributed by atoms with Gasteiger partial charge in [-0.3, -0.25) is 16.2 Å². The number of hydrogen-bond acceptors (Lipinski definition) is 4. The van der Waals surface area contributed by atoms with Crippen LogP contribution in [0.5, 0.6) is 11.5 Å². The molecular formula is C11H7O4Rh-. The van der Waals surface area contributed by atoms with Gasteiger partial charge in [-0.2, -0.15) is 0 Å². The molecule has 85 valence electrons. The average Bonchev–Trinajstić information content (AvgIpc) is 2.57. The van der Waals surface area contributed by atoms with Gasteiger partial charge >= 0.3 is 5.97 Å². The summed E-state index contributed by atoms with van der Waals surface area (Å²) in [5.41, 5.74) is 0.794. The molecule has 0 unspecified atom stereocenters. The smallest absolute Gasteiger partial charge is 0.315 e. The Morgan fingerprint density at radius 2 is 2.25 bits per heavy atom. The fourth-order valence-corrected chi connectivity index (χ4v) is 1.30. The van der Waals surface area contributed by atoms with E-state index in [4.69, 9.17) is 9.47 Å². The minimum Gasteiger partial charge on any atom is -0.454 e. The largest absolute Gasteiger partial charge is 0.454 e. The Morgan fingerprint density at radius 3 is 2.94 bits per heavy atom. The van der Waals surface area contributed by atoms with E-state index in [0.717, 1.165) is 5.56 Å². The summed E-state index contributed by atoms with van der Waals surface area (Å²) < 4.78 is 9.72. The van der Waals surface area contributed by atoms with Crippen LogP contribution in [0.3, 0.4) is 0 Å². The molecule has 0 fully saturated rings. The van der Waals surface area contributed by atoms with E-state index in [9.17, 15) is 9.59 Å². The van der Waals surface area contributed by atoms with Gasteiger partial charge in [0.25, 0.3) is 0 Å². The molecule has 0 aromatic heterocycles. The third kappa shape index (κ3) is 2.55. The summed E-state index contributed by atoms with van der Waals surface area (Å²) in [6.45, 7) is 3.16. The van der Waals surface area contributed by atoms with E-state index < -0.39 is 5.97 Å². The van der Waals surface area contributed by atoms with Gasteiger partial charge in [0.1, 0.15) is 11.5 Å². The zero-order valence-corrected chi connectivity index (χ0v) is 9.75. The van der Waals surface area contributed by atoms with Crippen molar-refractivity contribution in [1.82, 2.24) is 0 Å². The first kappa shape index (κ1) is 12.6. The molecule has 4 nitrogen and oxygen atoms in total. The van der Waals surface area contributed by atoms with Crippen LogP contribution in [0.25, 0.3) is 0 Å². The van der Waals surface area contributed by atoms with Gasteiger partial charge in [-0.1, -0.05) is 6.07 Å². The van der Waals surface area contributed by atoms with Crippen LogP contribution in [0.1, 0.15) is 5.56 Å². The van der Waals surface area contributed by atoms with E-state index in [2.05, 4.69) is 12.7 Å². The molecule has 1 aromatic carbocycles. The molecule has 0 spiro atoms. The van der Waals surface area contributed by atoms with Crippen LogP contribution < -0.4 is 9.47 Å². The molecule has 1 heterocycles. The molecular weight excluding hydrogens is 299 g/mol. The normalized spacial score (nSPS) is 12.1. The van der Waals surface area contributed by atoms with E-state index in [0.29, 0.717) is 11.5 Å². The van der Waals surface area contributed by atoms with Crippen LogP contribution in [-0.2, 0) is 35.5 Å². The molecule has 0 bridgehead atoms. The molecule has 0 N–H and O–H groups in total. The molecule has 5 heteroatoms. The standard InChI is InChI=1S/C11H7O4.Rh/c1-2-10(12)14-8-4-3-7-5-11(13)15-9(7)6-8;/h3-4,6H,1,5H2;/q-1;. The number of carbonyl (C=O) groups excluding carboxylic acids is 2. The maximum Gasteiger partial charge on any atom is 0.315 e. The van der Waals surface area contributed by atoms with Crippen LogP contribution in [0.15, 0.2) is 24.8 Å². The molecule has 0 saturated carbocycles. The van der Waals surface area contributed by atoms with Crippen LogP contribution in [0.2, 0.25) is 0 Å². The van der Waals surface area contributed by atoms with Gasteiger partial charge in [0.05, 0.1) is 6.42 Å². The van der Waals surface area contributed by atoms with Gasteiger partial charge in [0.2, 0.25) is 0 Å². The first-order valence-corrected chi connectivity index (χ1v) is 4.27. The van der Waals surface area contributed by atoms with E-state index in [1.54, 1.807) is 12.1 Å². The minimum absolute atomic E-state index is 0. The van der Waals surface area contributed by atoms with Crippen LogP contribution in [0, 0.1) is 6.08 Å². The zero-order chi connectivity index (χ0) is 10.8. The Bertz CT molecular complexity index is 453. The van der Waals surface area contributed by atoms with Crippen LogP contribution in [0.4, 0.5) is 0 Å². The Labute approximate surface area is 105 Å². The number of ether oxygens (including phenoxy) is 2. The molecule has 1 aliphatic rings. The molecule has 0 saturated heterocycles. The van der Waals surface area contributed by atoms with Crippen molar-refractivity contribution in [3.05, 3.63) is 36.4 Å². The third-order valence-corrected chi connectivity index (χ3v) is 1.95. The van der Waals surface area contributed by atoms with Gasteiger partial charge in [-0.25, -0.2) is 0 Å². The number of hydrogen-bond donors (Lipinski definition) is 0. The summed E-state index contributed by atoms with van der Waals surface area (Å²) in [6.07, 6.45) is 2.33. The second-order valence-electron chi connectivity index (χ2n) is 2.99. The number of fused-ring (bicyclic) bond motifs is 1. The first-order valence-electron chi connectivity index (χ1n) is 4.27. The molecule has 0 amide bonds. The Hall–Kier alpha value is -1.48. The van der Waals surface area contributed by atoms with Crippen molar-refractivity contribution in [3.63, 3.8) is 0 Å². The molecule has 2 rings (SSSR count). The summed E-state index contributed by atoms with van der Waals surface area (Å²) in [7, 11) is 0. The maximum absolute atomic E-state index is 10.9. The SMILES string of the molecule is C=[C-]C(=O)Oc1ccc2c(c1)OC(=O)C2.[Rh]. The Balaban J connectivity index is 0.00000128. The van der Waals surface area contributed by atoms with Gasteiger partial charge < -0.3 is 15.5 Å². The number of esters is 2. The van der Waals surface area contributed by atoms with Crippen LogP contribution in [-0.4, -0.2) is 11.9 Å². The Kier molecular flexibility index (Phi) is 3.96. The van der Waals surface area contributed by atoms with Crippen molar-refractivity contribution in [2.45, 2.75) is 6.42 Å². The van der Waals surface area contributed by atoms with Crippen LogP contribution >= 0.6 is 0 Å². The molecule has 1 aromatic rings. The summed E-state index contributed by atoms with van der Waals surface area (Å²) in [5, 5.41) is 0. The van der Waals surface area contributed by atoms with Crippen molar-refractivity contribution < 1.29 is 38.5 Å². The second-order valence-corrected chi connectivity index (χ2v) is 2.99. The van der Waals surface area contributed by atoms with Gasteiger partial charge in [-0.15, -0.1) is 0 Å². The monoisotopic (exact) mass is 306 g/mol. The summed E-state index contributed by atoms with van der Waals surface area (Å²) >= 11 is 0. The van der Waals surface area contributed by atoms with Gasteiger partial charge in [-0.05, 0) is 6.07 Å². The van der Waals surface area contributed by atoms with Crippen molar-refractivity contribution in [2.24, 2.45) is 0 Å². The van der Waals surface area contributed by atoms with Crippen molar-refractivity contribution in [3.8, 4) is 11.5 Å². The summed E-state index contributed by atoms with van der Waals surface area (Å²) in [5.74, 6) is -0.220. The van der Waals surface area contributed by atoms with Crippen molar-refractivity contribution >= 4 is 11.9 Å². The topological polar surface area (TPSA) is 52.6 Å². The van der Waals surface area contributed by atoms with E-state index in [1.807, 2.05) is 0 Å². The van der Waals surface area contributed by atoms with Crippen molar-refractivity contribution in [1.29, 1.82) is 0 Å². The fourth-order valence-electron chi connectivity index (χ4n) is 1.30. The predicted molar refractivity (Wildman–Crippen MR) is 50.3 cm³/mol. The third-order valence-electron chi connectivity index (χ3n) is 1.95. The predicted octanol–water partition coefficient (Wildman–Crippen LogP) is 1.04. The summed E-state index contributed by atoms with van der Waals surface area (Å²) in [4.78, 5) is 21.8. The first-order chi connectivity index (χ1) is 7.19. The van der Waals surface area contributed by atoms with Crippen molar-refractivity contribution in [2.75, 3.05) is 0 Å². The van der Waals surface area contributed by atoms with E-state index in [1.165, 1.54) is 6.07 Å². The van der Waals surface area contributed by atoms with E-state index >= 15 is 0 Å². The molecule has 16 heavy (non-hydrogen) atoms.